The number of benzene rings is 2. The molecule has 6 nitrogen and oxygen atoms in total. The summed E-state index contributed by atoms with van der Waals surface area (Å²) in [5.74, 6) is -0.509. The monoisotopic (exact) mass is 485 g/mol. The van der Waals surface area contributed by atoms with E-state index < -0.39 is 17.6 Å². The van der Waals surface area contributed by atoms with E-state index >= 15 is 0 Å². The predicted octanol–water partition coefficient (Wildman–Crippen LogP) is 5.33. The van der Waals surface area contributed by atoms with Crippen LogP contribution in [0.1, 0.15) is 41.6 Å². The Morgan fingerprint density at radius 3 is 2.46 bits per heavy atom. The lowest BCUT2D eigenvalue weighted by Gasteiger charge is -2.33. The van der Waals surface area contributed by atoms with Gasteiger partial charge in [0, 0.05) is 19.2 Å². The minimum atomic E-state index is -4.21. The van der Waals surface area contributed by atoms with Crippen LogP contribution in [0.2, 0.25) is 0 Å². The molecule has 2 aromatic carbocycles. The number of rotatable bonds is 1. The summed E-state index contributed by atoms with van der Waals surface area (Å²) in [4.78, 5) is 23.1. The quantitative estimate of drug-likeness (QED) is 0.370. The molecule has 2 aromatic heterocycles. The third-order valence-corrected chi connectivity index (χ3v) is 6.70. The SMILES string of the molecule is FC(F)(F)c1ccccc1.Nc1nc2cc(F)c(C(=O)N3CCCC4(CC4)C3)cc2n2cncc12. The molecule has 2 N–H and O–H groups in total. The number of alkyl halides is 3. The zero-order chi connectivity index (χ0) is 24.8. The highest BCUT2D eigenvalue weighted by molar-refractivity contribution is 5.98. The Bertz CT molecular complexity index is 1400. The van der Waals surface area contributed by atoms with E-state index in [9.17, 15) is 22.4 Å². The van der Waals surface area contributed by atoms with Crippen molar-refractivity contribution < 1.29 is 22.4 Å². The van der Waals surface area contributed by atoms with Crippen LogP contribution in [-0.4, -0.2) is 38.3 Å². The number of imidazole rings is 1. The predicted molar refractivity (Wildman–Crippen MR) is 123 cm³/mol. The lowest BCUT2D eigenvalue weighted by molar-refractivity contribution is -0.137. The number of nitrogens with zero attached hydrogens (tertiary/aromatic N) is 4. The van der Waals surface area contributed by atoms with Crippen LogP contribution in [0.3, 0.4) is 0 Å². The summed E-state index contributed by atoms with van der Waals surface area (Å²) in [5.41, 5.74) is 7.37. The van der Waals surface area contributed by atoms with Gasteiger partial charge < -0.3 is 10.6 Å². The van der Waals surface area contributed by atoms with Crippen LogP contribution in [0.25, 0.3) is 16.6 Å². The van der Waals surface area contributed by atoms with E-state index in [1.807, 2.05) is 0 Å². The number of hydrogen-bond acceptors (Lipinski definition) is 4. The van der Waals surface area contributed by atoms with Gasteiger partial charge in [0.1, 0.15) is 17.2 Å². The summed E-state index contributed by atoms with van der Waals surface area (Å²) in [6, 6.07) is 9.22. The average molecular weight is 485 g/mol. The first-order chi connectivity index (χ1) is 16.7. The number of nitrogens with two attached hydrogens (primary N) is 1. The maximum atomic E-state index is 14.6. The van der Waals surface area contributed by atoms with Gasteiger partial charge in [-0.2, -0.15) is 13.2 Å². The van der Waals surface area contributed by atoms with Crippen molar-refractivity contribution in [2.75, 3.05) is 18.8 Å². The topological polar surface area (TPSA) is 76.5 Å². The van der Waals surface area contributed by atoms with Crippen molar-refractivity contribution in [1.82, 2.24) is 19.3 Å². The van der Waals surface area contributed by atoms with Crippen molar-refractivity contribution >= 4 is 28.3 Å². The number of carbonyl (C=O) groups excluding carboxylic acids is 1. The molecule has 1 saturated carbocycles. The maximum absolute atomic E-state index is 14.6. The number of likely N-dealkylation sites (tertiary alicyclic amines) is 1. The first kappa shape index (κ1) is 23.1. The Balaban J connectivity index is 0.000000214. The molecule has 1 aliphatic heterocycles. The highest BCUT2D eigenvalue weighted by Gasteiger charge is 2.46. The van der Waals surface area contributed by atoms with Crippen LogP contribution in [0, 0.1) is 11.2 Å². The summed E-state index contributed by atoms with van der Waals surface area (Å²) in [6.45, 7) is 1.43. The first-order valence-corrected chi connectivity index (χ1v) is 11.3. The molecule has 1 amide bonds. The smallest absolute Gasteiger partial charge is 0.382 e. The molecule has 3 heterocycles. The number of fused-ring (bicyclic) bond motifs is 3. The van der Waals surface area contributed by atoms with E-state index in [1.54, 1.807) is 34.0 Å². The van der Waals surface area contributed by atoms with E-state index in [2.05, 4.69) is 9.97 Å². The fourth-order valence-corrected chi connectivity index (χ4v) is 4.62. The van der Waals surface area contributed by atoms with Gasteiger partial charge in [0.15, 0.2) is 0 Å². The third kappa shape index (κ3) is 4.52. The number of nitrogen functional groups attached to an aromatic ring is 1. The van der Waals surface area contributed by atoms with E-state index in [-0.39, 0.29) is 17.3 Å². The first-order valence-electron chi connectivity index (χ1n) is 11.3. The number of piperidine rings is 1. The van der Waals surface area contributed by atoms with E-state index in [0.717, 1.165) is 25.1 Å². The highest BCUT2D eigenvalue weighted by atomic mass is 19.4. The average Bonchev–Trinajstić information content (AvgIpc) is 3.37. The standard InChI is InChI=1S/C18H18FN5O.C7H5F3/c19-12-7-13-14(24-10-21-8-15(24)16(20)22-13)6-11(12)17(25)23-5-1-2-18(9-23)3-4-18;8-7(9,10)6-4-2-1-3-5-6/h6-8,10H,1-5,9H2,(H2,20,22);1-5H. The molecule has 1 spiro atoms. The number of carbonyl (C=O) groups is 1. The molecule has 0 radical (unpaired) electrons. The van der Waals surface area contributed by atoms with Crippen molar-refractivity contribution in [2.45, 2.75) is 31.9 Å². The molecule has 4 aromatic rings. The second kappa shape index (κ2) is 8.51. The second-order valence-corrected chi connectivity index (χ2v) is 9.16. The molecular weight excluding hydrogens is 462 g/mol. The zero-order valence-electron chi connectivity index (χ0n) is 18.7. The molecule has 1 aliphatic carbocycles. The molecule has 2 fully saturated rings. The molecule has 1 saturated heterocycles. The van der Waals surface area contributed by atoms with Gasteiger partial charge in [-0.15, -0.1) is 0 Å². The van der Waals surface area contributed by atoms with Gasteiger partial charge >= 0.3 is 6.18 Å². The van der Waals surface area contributed by atoms with Crippen LogP contribution in [0.5, 0.6) is 0 Å². The fourth-order valence-electron chi connectivity index (χ4n) is 4.62. The van der Waals surface area contributed by atoms with Gasteiger partial charge in [-0.05, 0) is 37.2 Å². The van der Waals surface area contributed by atoms with Crippen molar-refractivity contribution in [3.05, 3.63) is 71.9 Å². The van der Waals surface area contributed by atoms with Crippen molar-refractivity contribution in [3.8, 4) is 0 Å². The van der Waals surface area contributed by atoms with Gasteiger partial charge in [-0.3, -0.25) is 9.20 Å². The second-order valence-electron chi connectivity index (χ2n) is 9.16. The van der Waals surface area contributed by atoms with Crippen LogP contribution < -0.4 is 5.73 Å². The maximum Gasteiger partial charge on any atom is 0.416 e. The highest BCUT2D eigenvalue weighted by Crippen LogP contribution is 2.52. The molecule has 35 heavy (non-hydrogen) atoms. The normalized spacial score (nSPS) is 16.9. The van der Waals surface area contributed by atoms with Gasteiger partial charge in [0.2, 0.25) is 0 Å². The van der Waals surface area contributed by atoms with E-state index in [1.165, 1.54) is 37.5 Å². The summed E-state index contributed by atoms with van der Waals surface area (Å²) in [7, 11) is 0. The number of anilines is 1. The Morgan fingerprint density at radius 2 is 1.80 bits per heavy atom. The molecule has 10 heteroatoms. The number of amides is 1. The zero-order valence-corrected chi connectivity index (χ0v) is 18.7. The van der Waals surface area contributed by atoms with Crippen LogP contribution in [0.4, 0.5) is 23.4 Å². The van der Waals surface area contributed by atoms with Crippen LogP contribution in [0.15, 0.2) is 55.0 Å². The van der Waals surface area contributed by atoms with Gasteiger partial charge in [0.05, 0.1) is 34.7 Å². The number of halogens is 4. The van der Waals surface area contributed by atoms with Crippen molar-refractivity contribution in [3.63, 3.8) is 0 Å². The molecule has 0 atom stereocenters. The van der Waals surface area contributed by atoms with E-state index in [0.29, 0.717) is 28.5 Å². The number of hydrogen-bond donors (Lipinski definition) is 1. The summed E-state index contributed by atoms with van der Waals surface area (Å²) in [6.07, 6.45) is 3.52. The molecular formula is C25H23F4N5O. The van der Waals surface area contributed by atoms with Crippen LogP contribution in [-0.2, 0) is 6.18 Å². The fraction of sp³-hybridized carbons (Fsp3) is 0.320. The van der Waals surface area contributed by atoms with Gasteiger partial charge in [-0.25, -0.2) is 14.4 Å². The van der Waals surface area contributed by atoms with Gasteiger partial charge in [-0.1, -0.05) is 30.3 Å². The minimum absolute atomic E-state index is 0.0896. The third-order valence-electron chi connectivity index (χ3n) is 6.70. The molecule has 6 rings (SSSR count). The Labute approximate surface area is 198 Å². The minimum Gasteiger partial charge on any atom is -0.382 e. The lowest BCUT2D eigenvalue weighted by Crippen LogP contribution is -2.41. The molecule has 182 valence electrons. The van der Waals surface area contributed by atoms with E-state index in [4.69, 9.17) is 5.73 Å². The largest absolute Gasteiger partial charge is 0.416 e. The van der Waals surface area contributed by atoms with Crippen LogP contribution >= 0.6 is 0 Å². The molecule has 0 unspecified atom stereocenters. The summed E-state index contributed by atoms with van der Waals surface area (Å²) in [5, 5.41) is 0. The van der Waals surface area contributed by atoms with Crippen molar-refractivity contribution in [1.29, 1.82) is 0 Å². The Hall–Kier alpha value is -3.69. The lowest BCUT2D eigenvalue weighted by atomic mass is 9.94. The Morgan fingerprint density at radius 1 is 1.06 bits per heavy atom. The summed E-state index contributed by atoms with van der Waals surface area (Å²) < 4.78 is 51.7. The van der Waals surface area contributed by atoms with Gasteiger partial charge in [0.25, 0.3) is 5.91 Å². The molecule has 0 bridgehead atoms. The summed E-state index contributed by atoms with van der Waals surface area (Å²) >= 11 is 0. The van der Waals surface area contributed by atoms with Crippen molar-refractivity contribution in [2.24, 2.45) is 5.41 Å². The number of aromatic nitrogens is 3. The molecule has 2 aliphatic rings. The Kier molecular flexibility index (Phi) is 5.61.